The van der Waals surface area contributed by atoms with Crippen LogP contribution in [0.4, 0.5) is 13.2 Å². The number of hydrogen-bond donors (Lipinski definition) is 0. The lowest BCUT2D eigenvalue weighted by Gasteiger charge is -2.13. The number of halogens is 4. The molecule has 0 aliphatic heterocycles. The first kappa shape index (κ1) is 21.0. The minimum atomic E-state index is -4.54. The lowest BCUT2D eigenvalue weighted by atomic mass is 10.1. The van der Waals surface area contributed by atoms with Crippen molar-refractivity contribution >= 4 is 11.6 Å². The van der Waals surface area contributed by atoms with Crippen LogP contribution in [-0.4, -0.2) is 23.5 Å². The number of methoxy groups -OCH3 is 1. The van der Waals surface area contributed by atoms with E-state index in [-0.39, 0.29) is 12.6 Å². The predicted octanol–water partition coefficient (Wildman–Crippen LogP) is 5.32. The van der Waals surface area contributed by atoms with Gasteiger partial charge in [0.05, 0.1) is 5.56 Å². The van der Waals surface area contributed by atoms with Crippen LogP contribution in [-0.2, 0) is 24.6 Å². The molecule has 9 heteroatoms. The Kier molecular flexibility index (Phi) is 6.34. The van der Waals surface area contributed by atoms with Crippen LogP contribution >= 0.6 is 11.6 Å². The van der Waals surface area contributed by atoms with Crippen molar-refractivity contribution in [3.8, 4) is 22.9 Å². The van der Waals surface area contributed by atoms with Crippen LogP contribution in [0.5, 0.6) is 11.5 Å². The van der Waals surface area contributed by atoms with Crippen molar-refractivity contribution in [1.29, 1.82) is 0 Å². The fraction of sp³-hybridized carbons (Fsp3) is 0.250. The molecule has 0 bridgehead atoms. The van der Waals surface area contributed by atoms with Crippen LogP contribution in [0, 0.1) is 0 Å². The Hall–Kier alpha value is -2.71. The monoisotopic (exact) mass is 426 g/mol. The zero-order chi connectivity index (χ0) is 21.0. The molecule has 3 aromatic rings. The van der Waals surface area contributed by atoms with Crippen molar-refractivity contribution in [2.24, 2.45) is 7.05 Å². The fourth-order valence-electron chi connectivity index (χ4n) is 2.62. The van der Waals surface area contributed by atoms with E-state index in [2.05, 4.69) is 4.98 Å². The second-order valence-corrected chi connectivity index (χ2v) is 6.62. The Bertz CT molecular complexity index is 972. The van der Waals surface area contributed by atoms with Gasteiger partial charge in [-0.2, -0.15) is 13.2 Å². The molecule has 1 aromatic heterocycles. The summed E-state index contributed by atoms with van der Waals surface area (Å²) in [5.74, 6) is 0.899. The van der Waals surface area contributed by atoms with Gasteiger partial charge in [-0.25, -0.2) is 4.98 Å². The van der Waals surface area contributed by atoms with Crippen molar-refractivity contribution in [3.05, 3.63) is 64.9 Å². The second kappa shape index (κ2) is 8.75. The predicted molar refractivity (Wildman–Crippen MR) is 102 cm³/mol. The highest BCUT2D eigenvalue weighted by atomic mass is 35.5. The van der Waals surface area contributed by atoms with Gasteiger partial charge in [-0.15, -0.1) is 0 Å². The number of nitrogens with zero attached hydrogens (tertiary/aromatic N) is 2. The zero-order valence-corrected chi connectivity index (χ0v) is 16.4. The van der Waals surface area contributed by atoms with Gasteiger partial charge >= 0.3 is 6.18 Å². The van der Waals surface area contributed by atoms with E-state index < -0.39 is 11.9 Å². The van der Waals surface area contributed by atoms with Crippen LogP contribution in [0.1, 0.15) is 11.3 Å². The topological polar surface area (TPSA) is 45.5 Å². The minimum Gasteiger partial charge on any atom is -0.489 e. The lowest BCUT2D eigenvalue weighted by Crippen LogP contribution is -2.05. The first-order valence-corrected chi connectivity index (χ1v) is 8.89. The Morgan fingerprint density at radius 2 is 1.79 bits per heavy atom. The molecule has 2 aromatic carbocycles. The third kappa shape index (κ3) is 5.21. The minimum absolute atomic E-state index is 0.0792. The Morgan fingerprint density at radius 1 is 1.07 bits per heavy atom. The average Bonchev–Trinajstić information content (AvgIpc) is 3.08. The van der Waals surface area contributed by atoms with Crippen molar-refractivity contribution in [2.45, 2.75) is 12.8 Å². The number of aryl methyl sites for hydroxylation is 1. The standard InChI is InChI=1S/C20H18ClF3N2O3/c1-26-10-18(20(22,23)24)25-19(26)16-8-7-15(9-17(16)29-12-27-2)28-11-13-3-5-14(21)6-4-13/h3-10H,11-12H2,1-2H3. The Labute approximate surface area is 170 Å². The molecule has 0 spiro atoms. The highest BCUT2D eigenvalue weighted by molar-refractivity contribution is 6.30. The van der Waals surface area contributed by atoms with Crippen LogP contribution in [0.2, 0.25) is 5.02 Å². The van der Waals surface area contributed by atoms with E-state index in [1.165, 1.54) is 18.7 Å². The summed E-state index contributed by atoms with van der Waals surface area (Å²) in [5.41, 5.74) is 0.325. The van der Waals surface area contributed by atoms with Crippen molar-refractivity contribution in [1.82, 2.24) is 9.55 Å². The van der Waals surface area contributed by atoms with Gasteiger partial charge in [-0.3, -0.25) is 0 Å². The number of aromatic nitrogens is 2. The zero-order valence-electron chi connectivity index (χ0n) is 15.7. The number of hydrogen-bond acceptors (Lipinski definition) is 4. The third-order valence-electron chi connectivity index (χ3n) is 4.01. The van der Waals surface area contributed by atoms with Gasteiger partial charge in [0.2, 0.25) is 0 Å². The summed E-state index contributed by atoms with van der Waals surface area (Å²) in [6, 6.07) is 12.0. The summed E-state index contributed by atoms with van der Waals surface area (Å²) < 4.78 is 56.5. The summed E-state index contributed by atoms with van der Waals surface area (Å²) >= 11 is 5.87. The smallest absolute Gasteiger partial charge is 0.434 e. The van der Waals surface area contributed by atoms with Gasteiger partial charge < -0.3 is 18.8 Å². The molecule has 29 heavy (non-hydrogen) atoms. The van der Waals surface area contributed by atoms with Crippen LogP contribution in [0.25, 0.3) is 11.4 Å². The molecular formula is C20H18ClF3N2O3. The van der Waals surface area contributed by atoms with Gasteiger partial charge in [0.1, 0.15) is 23.9 Å². The number of rotatable bonds is 7. The van der Waals surface area contributed by atoms with Gasteiger partial charge in [-0.1, -0.05) is 23.7 Å². The van der Waals surface area contributed by atoms with Crippen molar-refractivity contribution in [2.75, 3.05) is 13.9 Å². The summed E-state index contributed by atoms with van der Waals surface area (Å²) in [5, 5.41) is 0.627. The molecule has 0 saturated heterocycles. The van der Waals surface area contributed by atoms with E-state index in [0.717, 1.165) is 11.8 Å². The number of ether oxygens (including phenoxy) is 3. The summed E-state index contributed by atoms with van der Waals surface area (Å²) in [6.45, 7) is 0.213. The Balaban J connectivity index is 1.88. The largest absolute Gasteiger partial charge is 0.489 e. The van der Waals surface area contributed by atoms with Crippen molar-refractivity contribution < 1.29 is 27.4 Å². The summed E-state index contributed by atoms with van der Waals surface area (Å²) in [7, 11) is 2.94. The van der Waals surface area contributed by atoms with Crippen LogP contribution < -0.4 is 9.47 Å². The van der Waals surface area contributed by atoms with E-state index >= 15 is 0 Å². The quantitative estimate of drug-likeness (QED) is 0.480. The third-order valence-corrected chi connectivity index (χ3v) is 4.26. The molecule has 0 aliphatic rings. The number of benzene rings is 2. The highest BCUT2D eigenvalue weighted by Gasteiger charge is 2.34. The molecule has 0 fully saturated rings. The SMILES string of the molecule is COCOc1cc(OCc2ccc(Cl)cc2)ccc1-c1nc(C(F)(F)F)cn1C. The molecule has 0 aliphatic carbocycles. The van der Waals surface area contributed by atoms with Gasteiger partial charge in [0.15, 0.2) is 12.5 Å². The number of imidazole rings is 1. The first-order valence-electron chi connectivity index (χ1n) is 8.52. The molecule has 0 radical (unpaired) electrons. The average molecular weight is 427 g/mol. The molecule has 0 N–H and O–H groups in total. The highest BCUT2D eigenvalue weighted by Crippen LogP contribution is 2.36. The van der Waals surface area contributed by atoms with E-state index in [0.29, 0.717) is 28.7 Å². The fourth-order valence-corrected chi connectivity index (χ4v) is 2.75. The molecule has 5 nitrogen and oxygen atoms in total. The molecule has 1 heterocycles. The van der Waals surface area contributed by atoms with E-state index in [4.69, 9.17) is 25.8 Å². The molecule has 0 unspecified atom stereocenters. The second-order valence-electron chi connectivity index (χ2n) is 6.18. The van der Waals surface area contributed by atoms with E-state index in [1.54, 1.807) is 30.3 Å². The first-order chi connectivity index (χ1) is 13.8. The molecule has 0 saturated carbocycles. The molecular weight excluding hydrogens is 409 g/mol. The maximum atomic E-state index is 13.0. The van der Waals surface area contributed by atoms with Crippen LogP contribution in [0.15, 0.2) is 48.7 Å². The number of alkyl halides is 3. The van der Waals surface area contributed by atoms with Gasteiger partial charge in [0, 0.05) is 31.4 Å². The van der Waals surface area contributed by atoms with Gasteiger partial charge in [-0.05, 0) is 29.8 Å². The lowest BCUT2D eigenvalue weighted by molar-refractivity contribution is -0.140. The van der Waals surface area contributed by atoms with Crippen LogP contribution in [0.3, 0.4) is 0 Å². The van der Waals surface area contributed by atoms with Gasteiger partial charge in [0.25, 0.3) is 0 Å². The molecule has 154 valence electrons. The molecule has 0 amide bonds. The Morgan fingerprint density at radius 3 is 2.41 bits per heavy atom. The van der Waals surface area contributed by atoms with E-state index in [9.17, 15) is 13.2 Å². The maximum absolute atomic E-state index is 13.0. The molecule has 0 atom stereocenters. The van der Waals surface area contributed by atoms with E-state index in [1.807, 2.05) is 12.1 Å². The normalized spacial score (nSPS) is 11.5. The van der Waals surface area contributed by atoms with Crippen molar-refractivity contribution in [3.63, 3.8) is 0 Å². The summed E-state index contributed by atoms with van der Waals surface area (Å²) in [4.78, 5) is 3.72. The summed E-state index contributed by atoms with van der Waals surface area (Å²) in [6.07, 6.45) is -3.61. The maximum Gasteiger partial charge on any atom is 0.434 e. The molecule has 3 rings (SSSR count).